The van der Waals surface area contributed by atoms with E-state index in [1.165, 1.54) is 0 Å². The number of nitrogens with zero attached hydrogens (tertiary/aromatic N) is 1. The molecule has 0 spiro atoms. The van der Waals surface area contributed by atoms with E-state index in [-0.39, 0.29) is 24.3 Å². The Morgan fingerprint density at radius 3 is 2.68 bits per heavy atom. The van der Waals surface area contributed by atoms with Gasteiger partial charge >= 0.3 is 0 Å². The Kier molecular flexibility index (Phi) is 4.03. The monoisotopic (exact) mass is 299 g/mol. The standard InChI is InChI=1S/C18H21NO3/c1-12(2)22-16-5-3-4-13(10-16)17-9-6-14(11-20)18(21)19(17)15-7-8-15/h3-6,9-10,12,15,20H,7-8,11H2,1-2H3. The zero-order valence-corrected chi connectivity index (χ0v) is 13.0. The van der Waals surface area contributed by atoms with E-state index in [2.05, 4.69) is 0 Å². The Morgan fingerprint density at radius 2 is 2.05 bits per heavy atom. The van der Waals surface area contributed by atoms with Crippen LogP contribution in [0.3, 0.4) is 0 Å². The summed E-state index contributed by atoms with van der Waals surface area (Å²) in [5.41, 5.74) is 2.22. The molecule has 2 aromatic rings. The van der Waals surface area contributed by atoms with Gasteiger partial charge in [-0.25, -0.2) is 0 Å². The van der Waals surface area contributed by atoms with Gasteiger partial charge in [0.05, 0.1) is 18.4 Å². The highest BCUT2D eigenvalue weighted by Gasteiger charge is 2.27. The lowest BCUT2D eigenvalue weighted by Crippen LogP contribution is -2.24. The first-order chi connectivity index (χ1) is 10.6. The molecule has 1 fully saturated rings. The fourth-order valence-electron chi connectivity index (χ4n) is 2.65. The Bertz CT molecular complexity index is 729. The van der Waals surface area contributed by atoms with Crippen molar-refractivity contribution < 1.29 is 9.84 Å². The Labute approximate surface area is 130 Å². The number of hydrogen-bond donors (Lipinski definition) is 1. The first-order valence-corrected chi connectivity index (χ1v) is 7.72. The summed E-state index contributed by atoms with van der Waals surface area (Å²) in [4.78, 5) is 12.5. The van der Waals surface area contributed by atoms with Crippen molar-refractivity contribution in [1.29, 1.82) is 0 Å². The number of aromatic nitrogens is 1. The van der Waals surface area contributed by atoms with E-state index in [4.69, 9.17) is 4.74 Å². The molecule has 0 aliphatic heterocycles. The maximum atomic E-state index is 12.5. The lowest BCUT2D eigenvalue weighted by atomic mass is 10.1. The summed E-state index contributed by atoms with van der Waals surface area (Å²) in [6.07, 6.45) is 2.14. The van der Waals surface area contributed by atoms with Crippen molar-refractivity contribution in [2.45, 2.75) is 45.4 Å². The second kappa shape index (κ2) is 5.97. The molecule has 1 aromatic heterocycles. The Balaban J connectivity index is 2.08. The number of rotatable bonds is 5. The van der Waals surface area contributed by atoms with Gasteiger partial charge < -0.3 is 14.4 Å². The molecule has 1 aromatic carbocycles. The highest BCUT2D eigenvalue weighted by molar-refractivity contribution is 5.62. The molecular formula is C18H21NO3. The fraction of sp³-hybridized carbons (Fsp3) is 0.389. The predicted octanol–water partition coefficient (Wildman–Crippen LogP) is 3.13. The fourth-order valence-corrected chi connectivity index (χ4v) is 2.65. The van der Waals surface area contributed by atoms with Crippen LogP contribution in [0.1, 0.15) is 38.3 Å². The molecule has 1 aliphatic carbocycles. The molecule has 116 valence electrons. The lowest BCUT2D eigenvalue weighted by molar-refractivity contribution is 0.242. The Hall–Kier alpha value is -2.07. The van der Waals surface area contributed by atoms with Crippen LogP contribution < -0.4 is 10.3 Å². The van der Waals surface area contributed by atoms with Gasteiger partial charge in [0, 0.05) is 17.2 Å². The summed E-state index contributed by atoms with van der Waals surface area (Å²) in [5, 5.41) is 9.32. The van der Waals surface area contributed by atoms with Crippen LogP contribution in [0.2, 0.25) is 0 Å². The van der Waals surface area contributed by atoms with Crippen molar-refractivity contribution in [2.24, 2.45) is 0 Å². The van der Waals surface area contributed by atoms with E-state index >= 15 is 0 Å². The van der Waals surface area contributed by atoms with Crippen LogP contribution in [0.25, 0.3) is 11.3 Å². The summed E-state index contributed by atoms with van der Waals surface area (Å²) >= 11 is 0. The number of hydrogen-bond acceptors (Lipinski definition) is 3. The molecule has 1 saturated carbocycles. The van der Waals surface area contributed by atoms with Gasteiger partial charge in [0.1, 0.15) is 5.75 Å². The van der Waals surface area contributed by atoms with Gasteiger partial charge in [0.15, 0.2) is 0 Å². The minimum absolute atomic E-state index is 0.0855. The van der Waals surface area contributed by atoms with Crippen molar-refractivity contribution in [3.8, 4) is 17.0 Å². The van der Waals surface area contributed by atoms with E-state index in [0.717, 1.165) is 29.8 Å². The number of pyridine rings is 1. The number of ether oxygens (including phenoxy) is 1. The van der Waals surface area contributed by atoms with E-state index in [1.807, 2.05) is 48.7 Å². The van der Waals surface area contributed by atoms with Gasteiger partial charge in [-0.15, -0.1) is 0 Å². The maximum absolute atomic E-state index is 12.5. The third kappa shape index (κ3) is 2.92. The van der Waals surface area contributed by atoms with E-state index in [9.17, 15) is 9.90 Å². The summed E-state index contributed by atoms with van der Waals surface area (Å²) in [5.74, 6) is 0.800. The first-order valence-electron chi connectivity index (χ1n) is 7.72. The predicted molar refractivity (Wildman–Crippen MR) is 86.1 cm³/mol. The summed E-state index contributed by atoms with van der Waals surface area (Å²) in [6, 6.07) is 11.7. The second-order valence-corrected chi connectivity index (χ2v) is 6.00. The normalized spacial score (nSPS) is 14.4. The summed E-state index contributed by atoms with van der Waals surface area (Å²) in [6.45, 7) is 3.76. The molecule has 4 nitrogen and oxygen atoms in total. The van der Waals surface area contributed by atoms with Crippen LogP contribution in [-0.2, 0) is 6.61 Å². The van der Waals surface area contributed by atoms with E-state index < -0.39 is 0 Å². The highest BCUT2D eigenvalue weighted by atomic mass is 16.5. The van der Waals surface area contributed by atoms with Crippen LogP contribution in [-0.4, -0.2) is 15.8 Å². The molecule has 4 heteroatoms. The van der Waals surface area contributed by atoms with Crippen LogP contribution >= 0.6 is 0 Å². The second-order valence-electron chi connectivity index (χ2n) is 6.00. The zero-order chi connectivity index (χ0) is 15.7. The number of aliphatic hydroxyl groups is 1. The van der Waals surface area contributed by atoms with Gasteiger partial charge in [-0.2, -0.15) is 0 Å². The number of aliphatic hydroxyl groups excluding tert-OH is 1. The van der Waals surface area contributed by atoms with Crippen LogP contribution in [0.4, 0.5) is 0 Å². The molecular weight excluding hydrogens is 278 g/mol. The smallest absolute Gasteiger partial charge is 0.256 e. The first kappa shape index (κ1) is 14.9. The highest BCUT2D eigenvalue weighted by Crippen LogP contribution is 2.37. The summed E-state index contributed by atoms with van der Waals surface area (Å²) < 4.78 is 7.56. The molecule has 0 radical (unpaired) electrons. The quantitative estimate of drug-likeness (QED) is 0.923. The van der Waals surface area contributed by atoms with Gasteiger partial charge in [0.2, 0.25) is 0 Å². The van der Waals surface area contributed by atoms with Crippen LogP contribution in [0, 0.1) is 0 Å². The van der Waals surface area contributed by atoms with Crippen LogP contribution in [0.15, 0.2) is 41.2 Å². The molecule has 1 aliphatic rings. The summed E-state index contributed by atoms with van der Waals surface area (Å²) in [7, 11) is 0. The molecule has 0 unspecified atom stereocenters. The lowest BCUT2D eigenvalue weighted by Gasteiger charge is -2.15. The van der Waals surface area contributed by atoms with E-state index in [0.29, 0.717) is 5.56 Å². The van der Waals surface area contributed by atoms with Gasteiger partial charge in [-0.05, 0) is 51.0 Å². The van der Waals surface area contributed by atoms with Crippen molar-refractivity contribution in [3.63, 3.8) is 0 Å². The minimum Gasteiger partial charge on any atom is -0.491 e. The molecule has 0 atom stereocenters. The molecule has 1 N–H and O–H groups in total. The molecule has 0 amide bonds. The topological polar surface area (TPSA) is 51.5 Å². The van der Waals surface area contributed by atoms with Crippen molar-refractivity contribution in [1.82, 2.24) is 4.57 Å². The molecule has 1 heterocycles. The maximum Gasteiger partial charge on any atom is 0.256 e. The number of benzene rings is 1. The van der Waals surface area contributed by atoms with Crippen molar-refractivity contribution >= 4 is 0 Å². The van der Waals surface area contributed by atoms with Crippen molar-refractivity contribution in [2.75, 3.05) is 0 Å². The third-order valence-corrected chi connectivity index (χ3v) is 3.78. The van der Waals surface area contributed by atoms with E-state index in [1.54, 1.807) is 6.07 Å². The molecule has 22 heavy (non-hydrogen) atoms. The molecule has 3 rings (SSSR count). The Morgan fingerprint density at radius 1 is 1.27 bits per heavy atom. The third-order valence-electron chi connectivity index (χ3n) is 3.78. The average molecular weight is 299 g/mol. The van der Waals surface area contributed by atoms with Gasteiger partial charge in [-0.1, -0.05) is 12.1 Å². The SMILES string of the molecule is CC(C)Oc1cccc(-c2ccc(CO)c(=O)n2C2CC2)c1. The average Bonchev–Trinajstić information content (AvgIpc) is 3.31. The van der Waals surface area contributed by atoms with Crippen molar-refractivity contribution in [3.05, 3.63) is 52.3 Å². The van der Waals surface area contributed by atoms with Crippen LogP contribution in [0.5, 0.6) is 5.75 Å². The minimum atomic E-state index is -0.220. The molecule has 0 bridgehead atoms. The molecule has 0 saturated heterocycles. The van der Waals surface area contributed by atoms with Gasteiger partial charge in [-0.3, -0.25) is 4.79 Å². The van der Waals surface area contributed by atoms with Gasteiger partial charge in [0.25, 0.3) is 5.56 Å². The largest absolute Gasteiger partial charge is 0.491 e. The zero-order valence-electron chi connectivity index (χ0n) is 13.0.